The maximum atomic E-state index is 5.26. The van der Waals surface area contributed by atoms with Crippen LogP contribution in [0.1, 0.15) is 24.7 Å². The molecule has 1 fully saturated rings. The number of aromatic nitrogens is 3. The summed E-state index contributed by atoms with van der Waals surface area (Å²) < 4.78 is 7.53. The lowest BCUT2D eigenvalue weighted by Gasteiger charge is -2.25. The van der Waals surface area contributed by atoms with E-state index in [4.69, 9.17) is 4.74 Å². The highest BCUT2D eigenvalue weighted by molar-refractivity contribution is 5.71. The van der Waals surface area contributed by atoms with E-state index < -0.39 is 0 Å². The van der Waals surface area contributed by atoms with E-state index in [9.17, 15) is 0 Å². The van der Waals surface area contributed by atoms with E-state index >= 15 is 0 Å². The van der Waals surface area contributed by atoms with Gasteiger partial charge in [-0.1, -0.05) is 0 Å². The molecule has 2 aromatic heterocycles. The van der Waals surface area contributed by atoms with E-state index in [1.807, 2.05) is 18.3 Å². The fourth-order valence-corrected chi connectivity index (χ4v) is 2.66. The second-order valence-corrected chi connectivity index (χ2v) is 4.66. The van der Waals surface area contributed by atoms with Gasteiger partial charge in [0.15, 0.2) is 5.65 Å². The van der Waals surface area contributed by atoms with E-state index in [0.29, 0.717) is 12.6 Å². The van der Waals surface area contributed by atoms with Crippen molar-refractivity contribution in [2.24, 2.45) is 0 Å². The summed E-state index contributed by atoms with van der Waals surface area (Å²) in [6.07, 6.45) is 4.08. The first-order chi connectivity index (χ1) is 8.90. The van der Waals surface area contributed by atoms with Crippen molar-refractivity contribution in [1.29, 1.82) is 0 Å². The number of hydrogen-bond acceptors (Lipinski definition) is 4. The van der Waals surface area contributed by atoms with Gasteiger partial charge in [-0.15, -0.1) is 0 Å². The third-order valence-corrected chi connectivity index (χ3v) is 3.47. The summed E-state index contributed by atoms with van der Waals surface area (Å²) in [5.41, 5.74) is 1.94. The van der Waals surface area contributed by atoms with Crippen molar-refractivity contribution in [2.45, 2.75) is 25.5 Å². The van der Waals surface area contributed by atoms with E-state index in [1.54, 1.807) is 7.11 Å². The van der Waals surface area contributed by atoms with Gasteiger partial charge in [0.25, 0.3) is 0 Å². The summed E-state index contributed by atoms with van der Waals surface area (Å²) in [4.78, 5) is 9.12. The predicted octanol–water partition coefficient (Wildman–Crippen LogP) is 1.50. The summed E-state index contributed by atoms with van der Waals surface area (Å²) in [6, 6.07) is 4.42. The lowest BCUT2D eigenvalue weighted by atomic mass is 10.1. The van der Waals surface area contributed by atoms with Gasteiger partial charge in [-0.2, -0.15) is 0 Å². The van der Waals surface area contributed by atoms with Crippen LogP contribution in [0, 0.1) is 0 Å². The first kappa shape index (κ1) is 11.6. The molecule has 0 amide bonds. The van der Waals surface area contributed by atoms with Gasteiger partial charge in [0.2, 0.25) is 0 Å². The van der Waals surface area contributed by atoms with Crippen LogP contribution in [0.5, 0.6) is 0 Å². The zero-order valence-electron chi connectivity index (χ0n) is 10.6. The van der Waals surface area contributed by atoms with Gasteiger partial charge in [-0.3, -0.25) is 0 Å². The molecule has 2 aromatic rings. The monoisotopic (exact) mass is 246 g/mol. The number of hydrogen-bond donors (Lipinski definition) is 1. The van der Waals surface area contributed by atoms with Crippen LogP contribution in [0.2, 0.25) is 0 Å². The van der Waals surface area contributed by atoms with Crippen LogP contribution in [0.4, 0.5) is 0 Å². The molecule has 0 aliphatic carbocycles. The molecule has 5 nitrogen and oxygen atoms in total. The van der Waals surface area contributed by atoms with Crippen molar-refractivity contribution >= 4 is 11.2 Å². The molecule has 0 spiro atoms. The maximum absolute atomic E-state index is 5.26. The number of rotatable bonds is 3. The Morgan fingerprint density at radius 1 is 1.44 bits per heavy atom. The minimum Gasteiger partial charge on any atom is -0.377 e. The Balaban J connectivity index is 2.07. The zero-order valence-corrected chi connectivity index (χ0v) is 10.6. The van der Waals surface area contributed by atoms with Crippen LogP contribution >= 0.6 is 0 Å². The lowest BCUT2D eigenvalue weighted by molar-refractivity contribution is 0.171. The van der Waals surface area contributed by atoms with Crippen LogP contribution in [-0.2, 0) is 11.3 Å². The number of nitrogens with one attached hydrogen (secondary N) is 1. The molecule has 1 N–H and O–H groups in total. The molecule has 0 bridgehead atoms. The number of methoxy groups -OCH3 is 1. The number of imidazole rings is 1. The highest BCUT2D eigenvalue weighted by Crippen LogP contribution is 2.25. The Hall–Kier alpha value is -1.46. The number of piperidine rings is 1. The van der Waals surface area contributed by atoms with Crippen LogP contribution in [-0.4, -0.2) is 34.7 Å². The Morgan fingerprint density at radius 2 is 2.28 bits per heavy atom. The standard InChI is InChI=1S/C13H18N4O/c1-18-9-12-16-11-3-2-6-15-13(11)17(12)10-4-7-14-8-5-10/h2-3,6,10,14H,4-5,7-9H2,1H3. The van der Waals surface area contributed by atoms with Crippen LogP contribution < -0.4 is 5.32 Å². The fraction of sp³-hybridized carbons (Fsp3) is 0.538. The van der Waals surface area contributed by atoms with Crippen molar-refractivity contribution in [2.75, 3.05) is 20.2 Å². The Bertz CT molecular complexity index is 531. The number of ether oxygens (including phenoxy) is 1. The van der Waals surface area contributed by atoms with Gasteiger partial charge < -0.3 is 14.6 Å². The zero-order chi connectivity index (χ0) is 12.4. The largest absolute Gasteiger partial charge is 0.377 e. The first-order valence-electron chi connectivity index (χ1n) is 6.41. The first-order valence-corrected chi connectivity index (χ1v) is 6.41. The molecular formula is C13H18N4O. The van der Waals surface area contributed by atoms with E-state index in [0.717, 1.165) is 42.9 Å². The van der Waals surface area contributed by atoms with Gasteiger partial charge in [0.1, 0.15) is 17.9 Å². The Labute approximate surface area is 106 Å². The molecule has 0 atom stereocenters. The van der Waals surface area contributed by atoms with Crippen molar-refractivity contribution in [1.82, 2.24) is 19.9 Å². The normalized spacial score (nSPS) is 17.4. The number of nitrogens with zero attached hydrogens (tertiary/aromatic N) is 3. The van der Waals surface area contributed by atoms with Crippen molar-refractivity contribution in [3.63, 3.8) is 0 Å². The van der Waals surface area contributed by atoms with Gasteiger partial charge in [0.05, 0.1) is 0 Å². The smallest absolute Gasteiger partial charge is 0.160 e. The van der Waals surface area contributed by atoms with Gasteiger partial charge in [0, 0.05) is 19.3 Å². The third-order valence-electron chi connectivity index (χ3n) is 3.47. The fourth-order valence-electron chi connectivity index (χ4n) is 2.66. The molecule has 1 aliphatic rings. The topological polar surface area (TPSA) is 52.0 Å². The molecule has 18 heavy (non-hydrogen) atoms. The Morgan fingerprint density at radius 3 is 3.06 bits per heavy atom. The summed E-state index contributed by atoms with van der Waals surface area (Å²) in [6.45, 7) is 2.66. The van der Waals surface area contributed by atoms with Crippen molar-refractivity contribution < 1.29 is 4.74 Å². The van der Waals surface area contributed by atoms with Gasteiger partial charge >= 0.3 is 0 Å². The Kier molecular flexibility index (Phi) is 3.25. The quantitative estimate of drug-likeness (QED) is 0.891. The van der Waals surface area contributed by atoms with Crippen LogP contribution in [0.25, 0.3) is 11.2 Å². The highest BCUT2D eigenvalue weighted by atomic mass is 16.5. The van der Waals surface area contributed by atoms with Crippen LogP contribution in [0.3, 0.4) is 0 Å². The SMILES string of the molecule is COCc1nc2cccnc2n1C1CCNCC1. The molecule has 0 aromatic carbocycles. The number of pyridine rings is 1. The van der Waals surface area contributed by atoms with Gasteiger partial charge in [-0.25, -0.2) is 9.97 Å². The summed E-state index contributed by atoms with van der Waals surface area (Å²) in [7, 11) is 1.71. The maximum Gasteiger partial charge on any atom is 0.160 e. The molecule has 1 aliphatic heterocycles. The van der Waals surface area contributed by atoms with E-state index in [2.05, 4.69) is 19.9 Å². The average molecular weight is 246 g/mol. The molecule has 0 saturated carbocycles. The molecular weight excluding hydrogens is 228 g/mol. The summed E-state index contributed by atoms with van der Waals surface area (Å²) in [5.74, 6) is 0.984. The molecule has 5 heteroatoms. The molecule has 3 heterocycles. The lowest BCUT2D eigenvalue weighted by Crippen LogP contribution is -2.30. The molecule has 1 saturated heterocycles. The predicted molar refractivity (Wildman–Crippen MR) is 69.4 cm³/mol. The number of fused-ring (bicyclic) bond motifs is 1. The molecule has 0 unspecified atom stereocenters. The van der Waals surface area contributed by atoms with Crippen LogP contribution in [0.15, 0.2) is 18.3 Å². The molecule has 96 valence electrons. The molecule has 3 rings (SSSR count). The summed E-state index contributed by atoms with van der Waals surface area (Å²) >= 11 is 0. The third kappa shape index (κ3) is 2.00. The van der Waals surface area contributed by atoms with E-state index in [1.165, 1.54) is 0 Å². The van der Waals surface area contributed by atoms with Crippen molar-refractivity contribution in [3.8, 4) is 0 Å². The summed E-state index contributed by atoms with van der Waals surface area (Å²) in [5, 5.41) is 3.39. The van der Waals surface area contributed by atoms with Gasteiger partial charge in [-0.05, 0) is 38.1 Å². The van der Waals surface area contributed by atoms with E-state index in [-0.39, 0.29) is 0 Å². The second kappa shape index (κ2) is 5.04. The highest BCUT2D eigenvalue weighted by Gasteiger charge is 2.21. The minimum absolute atomic E-state index is 0.483. The van der Waals surface area contributed by atoms with Crippen molar-refractivity contribution in [3.05, 3.63) is 24.2 Å². The minimum atomic E-state index is 0.483. The second-order valence-electron chi connectivity index (χ2n) is 4.66. The molecule has 0 radical (unpaired) electrons. The average Bonchev–Trinajstić information content (AvgIpc) is 2.78.